The van der Waals surface area contributed by atoms with Crippen LogP contribution in [0, 0.1) is 13.8 Å². The molecule has 0 saturated heterocycles. The Morgan fingerprint density at radius 1 is 1.14 bits per heavy atom. The van der Waals surface area contributed by atoms with E-state index in [2.05, 4.69) is 9.97 Å². The maximum Gasteiger partial charge on any atom is 0.264 e. The molecular formula is C22H27N3O3S. The van der Waals surface area contributed by atoms with Gasteiger partial charge in [-0.25, -0.2) is 9.97 Å². The van der Waals surface area contributed by atoms with E-state index in [1.54, 1.807) is 19.1 Å². The molecule has 1 amide bonds. The molecule has 2 heterocycles. The Hall–Kier alpha value is -2.67. The third-order valence-corrected chi connectivity index (χ3v) is 6.23. The number of aryl methyl sites for hydroxylation is 3. The van der Waals surface area contributed by atoms with E-state index in [-0.39, 0.29) is 5.91 Å². The summed E-state index contributed by atoms with van der Waals surface area (Å²) < 4.78 is 10.6. The SMILES string of the molecule is CCc1nc(C)c2c(C)c(C(=O)N(C)CCc3ccc(OC)c(OC)c3)sc2n1. The van der Waals surface area contributed by atoms with Crippen molar-refractivity contribution < 1.29 is 14.3 Å². The van der Waals surface area contributed by atoms with Gasteiger partial charge in [-0.15, -0.1) is 11.3 Å². The van der Waals surface area contributed by atoms with Crippen molar-refractivity contribution in [1.29, 1.82) is 0 Å². The Kier molecular flexibility index (Phi) is 6.37. The number of fused-ring (bicyclic) bond motifs is 1. The normalized spacial score (nSPS) is 11.0. The van der Waals surface area contributed by atoms with Crippen LogP contribution in [0.3, 0.4) is 0 Å². The number of likely N-dealkylation sites (N-methyl/N-ethyl adjacent to an activating group) is 1. The number of ether oxygens (including phenoxy) is 2. The summed E-state index contributed by atoms with van der Waals surface area (Å²) in [6, 6.07) is 5.83. The molecule has 0 bridgehead atoms. The second-order valence-corrected chi connectivity index (χ2v) is 7.98. The molecule has 0 aliphatic carbocycles. The topological polar surface area (TPSA) is 64.6 Å². The maximum atomic E-state index is 13.1. The largest absolute Gasteiger partial charge is 0.493 e. The van der Waals surface area contributed by atoms with E-state index < -0.39 is 0 Å². The summed E-state index contributed by atoms with van der Waals surface area (Å²) in [6.45, 7) is 6.61. The number of rotatable bonds is 7. The van der Waals surface area contributed by atoms with Crippen molar-refractivity contribution in [2.24, 2.45) is 0 Å². The zero-order valence-corrected chi connectivity index (χ0v) is 18.6. The number of hydrogen-bond donors (Lipinski definition) is 0. The highest BCUT2D eigenvalue weighted by Crippen LogP contribution is 2.32. The van der Waals surface area contributed by atoms with Crippen LogP contribution < -0.4 is 9.47 Å². The zero-order valence-electron chi connectivity index (χ0n) is 17.8. The molecule has 0 N–H and O–H groups in total. The van der Waals surface area contributed by atoms with Gasteiger partial charge in [-0.05, 0) is 43.5 Å². The number of hydrogen-bond acceptors (Lipinski definition) is 6. The number of benzene rings is 1. The molecule has 0 saturated carbocycles. The fraction of sp³-hybridized carbons (Fsp3) is 0.409. The summed E-state index contributed by atoms with van der Waals surface area (Å²) in [6.07, 6.45) is 1.51. The molecule has 7 heteroatoms. The lowest BCUT2D eigenvalue weighted by Crippen LogP contribution is -2.28. The fourth-order valence-corrected chi connectivity index (χ4v) is 4.61. The number of carbonyl (C=O) groups excluding carboxylic acids is 1. The summed E-state index contributed by atoms with van der Waals surface area (Å²) in [7, 11) is 5.08. The Bertz CT molecular complexity index is 1050. The van der Waals surface area contributed by atoms with Crippen molar-refractivity contribution in [3.63, 3.8) is 0 Å². The lowest BCUT2D eigenvalue weighted by Gasteiger charge is -2.17. The summed E-state index contributed by atoms with van der Waals surface area (Å²) in [5, 5.41) is 1.00. The second kappa shape index (κ2) is 8.78. The molecule has 0 fully saturated rings. The Balaban J connectivity index is 1.78. The van der Waals surface area contributed by atoms with Crippen molar-refractivity contribution in [1.82, 2.24) is 14.9 Å². The average Bonchev–Trinajstić information content (AvgIpc) is 3.07. The molecule has 0 unspecified atom stereocenters. The van der Waals surface area contributed by atoms with E-state index >= 15 is 0 Å². The van der Waals surface area contributed by atoms with Crippen molar-refractivity contribution >= 4 is 27.5 Å². The van der Waals surface area contributed by atoms with Crippen molar-refractivity contribution in [3.05, 3.63) is 45.7 Å². The van der Waals surface area contributed by atoms with Gasteiger partial charge in [-0.1, -0.05) is 13.0 Å². The van der Waals surface area contributed by atoms with E-state index in [0.717, 1.165) is 50.6 Å². The van der Waals surface area contributed by atoms with Crippen LogP contribution in [0.25, 0.3) is 10.2 Å². The zero-order chi connectivity index (χ0) is 21.1. The first-order chi connectivity index (χ1) is 13.9. The van der Waals surface area contributed by atoms with E-state index in [9.17, 15) is 4.79 Å². The average molecular weight is 414 g/mol. The molecule has 3 aromatic rings. The minimum absolute atomic E-state index is 0.0171. The first-order valence-electron chi connectivity index (χ1n) is 9.62. The van der Waals surface area contributed by atoms with Crippen LogP contribution in [-0.2, 0) is 12.8 Å². The molecule has 0 radical (unpaired) electrons. The predicted molar refractivity (Wildman–Crippen MR) is 116 cm³/mol. The lowest BCUT2D eigenvalue weighted by molar-refractivity contribution is 0.0801. The molecule has 2 aromatic heterocycles. The van der Waals surface area contributed by atoms with E-state index in [1.807, 2.05) is 46.0 Å². The van der Waals surface area contributed by atoms with Gasteiger partial charge >= 0.3 is 0 Å². The van der Waals surface area contributed by atoms with Gasteiger partial charge in [0.05, 0.1) is 19.1 Å². The number of methoxy groups -OCH3 is 2. The number of carbonyl (C=O) groups is 1. The maximum absolute atomic E-state index is 13.1. The van der Waals surface area contributed by atoms with Crippen molar-refractivity contribution in [3.8, 4) is 11.5 Å². The molecule has 0 aliphatic heterocycles. The predicted octanol–water partition coefficient (Wildman–Crippen LogP) is 4.20. The highest BCUT2D eigenvalue weighted by atomic mass is 32.1. The summed E-state index contributed by atoms with van der Waals surface area (Å²) in [4.78, 5) is 25.7. The monoisotopic (exact) mass is 413 g/mol. The Morgan fingerprint density at radius 3 is 2.52 bits per heavy atom. The van der Waals surface area contributed by atoms with E-state index in [0.29, 0.717) is 18.0 Å². The molecular weight excluding hydrogens is 386 g/mol. The highest BCUT2D eigenvalue weighted by molar-refractivity contribution is 7.20. The second-order valence-electron chi connectivity index (χ2n) is 6.98. The molecule has 3 rings (SSSR count). The van der Waals surface area contributed by atoms with E-state index in [4.69, 9.17) is 9.47 Å². The Morgan fingerprint density at radius 2 is 1.86 bits per heavy atom. The molecule has 0 spiro atoms. The number of thiophene rings is 1. The van der Waals surface area contributed by atoms with Crippen molar-refractivity contribution in [2.45, 2.75) is 33.6 Å². The third kappa shape index (κ3) is 4.19. The van der Waals surface area contributed by atoms with Crippen LogP contribution in [0.15, 0.2) is 18.2 Å². The van der Waals surface area contributed by atoms with Gasteiger partial charge in [0.1, 0.15) is 10.7 Å². The smallest absolute Gasteiger partial charge is 0.264 e. The summed E-state index contributed by atoms with van der Waals surface area (Å²) in [5.41, 5.74) is 2.99. The van der Waals surface area contributed by atoms with Crippen LogP contribution in [0.2, 0.25) is 0 Å². The van der Waals surface area contributed by atoms with Gasteiger partial charge in [-0.2, -0.15) is 0 Å². The van der Waals surface area contributed by atoms with Gasteiger partial charge in [0, 0.05) is 31.1 Å². The quantitative estimate of drug-likeness (QED) is 0.581. The number of aromatic nitrogens is 2. The molecule has 29 heavy (non-hydrogen) atoms. The van der Waals surface area contributed by atoms with Gasteiger partial charge < -0.3 is 14.4 Å². The van der Waals surface area contributed by atoms with Crippen LogP contribution in [0.5, 0.6) is 11.5 Å². The van der Waals surface area contributed by atoms with Crippen LogP contribution in [0.1, 0.15) is 39.2 Å². The van der Waals surface area contributed by atoms with Gasteiger partial charge in [0.15, 0.2) is 11.5 Å². The highest BCUT2D eigenvalue weighted by Gasteiger charge is 2.21. The van der Waals surface area contributed by atoms with Gasteiger partial charge in [0.2, 0.25) is 0 Å². The lowest BCUT2D eigenvalue weighted by atomic mass is 10.1. The van der Waals surface area contributed by atoms with Crippen molar-refractivity contribution in [2.75, 3.05) is 27.8 Å². The standard InChI is InChI=1S/C22H27N3O3S/c1-7-18-23-14(3)19-13(2)20(29-21(19)24-18)22(26)25(4)11-10-15-8-9-16(27-5)17(12-15)28-6/h8-9,12H,7,10-11H2,1-6H3. The van der Waals surface area contributed by atoms with Gasteiger partial charge in [-0.3, -0.25) is 4.79 Å². The number of amides is 1. The van der Waals surface area contributed by atoms with E-state index in [1.165, 1.54) is 11.3 Å². The van der Waals surface area contributed by atoms with Crippen LogP contribution in [-0.4, -0.2) is 48.6 Å². The minimum atomic E-state index is 0.0171. The van der Waals surface area contributed by atoms with Crippen LogP contribution >= 0.6 is 11.3 Å². The first kappa shape index (κ1) is 21.0. The summed E-state index contributed by atoms with van der Waals surface area (Å²) >= 11 is 1.46. The molecule has 1 aromatic carbocycles. The fourth-order valence-electron chi connectivity index (χ4n) is 3.36. The number of nitrogens with zero attached hydrogens (tertiary/aromatic N) is 3. The van der Waals surface area contributed by atoms with Gasteiger partial charge in [0.25, 0.3) is 5.91 Å². The first-order valence-corrected chi connectivity index (χ1v) is 10.4. The molecule has 0 aliphatic rings. The molecule has 0 atom stereocenters. The summed E-state index contributed by atoms with van der Waals surface area (Å²) in [5.74, 6) is 2.23. The molecule has 154 valence electrons. The van der Waals surface area contributed by atoms with Crippen LogP contribution in [0.4, 0.5) is 0 Å². The minimum Gasteiger partial charge on any atom is -0.493 e. The molecule has 6 nitrogen and oxygen atoms in total. The third-order valence-electron chi connectivity index (χ3n) is 5.06. The Labute approximate surface area is 175 Å².